The monoisotopic (exact) mass is 468 g/mol. The maximum Gasteiger partial charge on any atom is 0.321 e. The first-order chi connectivity index (χ1) is 15.9. The minimum Gasteiger partial charge on any atom is -0.332 e. The van der Waals surface area contributed by atoms with Crippen LogP contribution in [-0.4, -0.2) is 32.3 Å². The smallest absolute Gasteiger partial charge is 0.321 e. The van der Waals surface area contributed by atoms with E-state index < -0.39 is 11.3 Å². The number of nitrogens with zero attached hydrogens (tertiary/aromatic N) is 2. The number of para-hydroxylation sites is 1. The third-order valence-corrected chi connectivity index (χ3v) is 8.67. The summed E-state index contributed by atoms with van der Waals surface area (Å²) in [6.07, 6.45) is 7.79. The van der Waals surface area contributed by atoms with E-state index in [4.69, 9.17) is 0 Å². The first kappa shape index (κ1) is 22.4. The van der Waals surface area contributed by atoms with Crippen LogP contribution in [0.25, 0.3) is 10.9 Å². The van der Waals surface area contributed by atoms with E-state index in [0.717, 1.165) is 43.4 Å². The maximum absolute atomic E-state index is 13.0. The van der Waals surface area contributed by atoms with Crippen LogP contribution < -0.4 is 16.2 Å². The second kappa shape index (κ2) is 8.78. The Morgan fingerprint density at radius 2 is 1.79 bits per heavy atom. The molecule has 4 bridgehead atoms. The summed E-state index contributed by atoms with van der Waals surface area (Å²) >= 11 is 1.22. The standard InChI is InChI=1S/C25H32N4O3S/c1-3-8-29-22(31)19-6-4-5-7-20(19)26-24(29)33-15(2)21(30)27-23(32)28-25-12-16-9-17(13-25)11-18(10-16)14-25/h4-7,15-18H,3,8-14H2,1-2H3,(H2,27,28,30,32)/t15-,16?,17?,18?,25?/m0/s1. The molecule has 0 aliphatic heterocycles. The minimum atomic E-state index is -0.566. The third-order valence-electron chi connectivity index (χ3n) is 7.58. The zero-order valence-electron chi connectivity index (χ0n) is 19.3. The van der Waals surface area contributed by atoms with Gasteiger partial charge in [0.1, 0.15) is 0 Å². The lowest BCUT2D eigenvalue weighted by Crippen LogP contribution is -2.62. The van der Waals surface area contributed by atoms with Crippen LogP contribution in [0.1, 0.15) is 58.8 Å². The lowest BCUT2D eigenvalue weighted by Gasteiger charge is -2.56. The van der Waals surface area contributed by atoms with E-state index in [1.807, 2.05) is 19.1 Å². The van der Waals surface area contributed by atoms with Crippen molar-refractivity contribution in [3.8, 4) is 0 Å². The van der Waals surface area contributed by atoms with Crippen molar-refractivity contribution in [3.05, 3.63) is 34.6 Å². The molecule has 4 aliphatic rings. The summed E-state index contributed by atoms with van der Waals surface area (Å²) in [4.78, 5) is 43.2. The van der Waals surface area contributed by atoms with Gasteiger partial charge in [0.05, 0.1) is 16.2 Å². The van der Waals surface area contributed by atoms with Crippen LogP contribution in [0.15, 0.2) is 34.2 Å². The molecule has 0 unspecified atom stereocenters. The Bertz CT molecular complexity index is 1110. The summed E-state index contributed by atoms with van der Waals surface area (Å²) in [5, 5.41) is 6.25. The van der Waals surface area contributed by atoms with E-state index in [0.29, 0.717) is 22.6 Å². The van der Waals surface area contributed by atoms with E-state index in [1.54, 1.807) is 23.6 Å². The molecular weight excluding hydrogens is 436 g/mol. The fourth-order valence-corrected chi connectivity index (χ4v) is 7.55. The van der Waals surface area contributed by atoms with Gasteiger partial charge in [-0.05, 0) is 81.8 Å². The highest BCUT2D eigenvalue weighted by Gasteiger charge is 2.51. The molecule has 1 aromatic heterocycles. The van der Waals surface area contributed by atoms with Crippen LogP contribution in [0.2, 0.25) is 0 Å². The van der Waals surface area contributed by atoms with E-state index in [-0.39, 0.29) is 17.0 Å². The van der Waals surface area contributed by atoms with Crippen molar-refractivity contribution in [3.63, 3.8) is 0 Å². The zero-order chi connectivity index (χ0) is 23.2. The number of nitrogens with one attached hydrogen (secondary N) is 2. The molecule has 0 saturated heterocycles. The molecule has 6 rings (SSSR count). The van der Waals surface area contributed by atoms with Gasteiger partial charge in [-0.2, -0.15) is 0 Å². The minimum absolute atomic E-state index is 0.0999. The SMILES string of the molecule is CCCn1c(S[C@@H](C)C(=O)NC(=O)NC23CC4CC(CC(C4)C2)C3)nc2ccccc2c1=O. The molecule has 0 radical (unpaired) electrons. The Kier molecular flexibility index (Phi) is 5.97. The molecule has 4 saturated carbocycles. The first-order valence-corrected chi connectivity index (χ1v) is 13.0. The lowest BCUT2D eigenvalue weighted by molar-refractivity contribution is -0.119. The van der Waals surface area contributed by atoms with Gasteiger partial charge in [-0.15, -0.1) is 0 Å². The van der Waals surface area contributed by atoms with Gasteiger partial charge in [0.25, 0.3) is 5.56 Å². The van der Waals surface area contributed by atoms with Crippen molar-refractivity contribution in [1.82, 2.24) is 20.2 Å². The van der Waals surface area contributed by atoms with Crippen molar-refractivity contribution in [2.24, 2.45) is 17.8 Å². The van der Waals surface area contributed by atoms with Crippen LogP contribution in [0, 0.1) is 17.8 Å². The average Bonchev–Trinajstić information content (AvgIpc) is 2.75. The van der Waals surface area contributed by atoms with Gasteiger partial charge in [0.2, 0.25) is 5.91 Å². The molecule has 0 spiro atoms. The number of thioether (sulfide) groups is 1. The van der Waals surface area contributed by atoms with E-state index in [2.05, 4.69) is 15.6 Å². The van der Waals surface area contributed by atoms with Crippen LogP contribution in [0.4, 0.5) is 4.79 Å². The highest BCUT2D eigenvalue weighted by molar-refractivity contribution is 8.00. The lowest BCUT2D eigenvalue weighted by atomic mass is 9.53. The van der Waals surface area contributed by atoms with Crippen LogP contribution in [-0.2, 0) is 11.3 Å². The fraction of sp³-hybridized carbons (Fsp3) is 0.600. The molecule has 33 heavy (non-hydrogen) atoms. The molecule has 2 N–H and O–H groups in total. The van der Waals surface area contributed by atoms with Crippen molar-refractivity contribution in [2.45, 2.75) is 81.3 Å². The van der Waals surface area contributed by atoms with E-state index in [1.165, 1.54) is 31.0 Å². The summed E-state index contributed by atoms with van der Waals surface area (Å²) < 4.78 is 1.63. The van der Waals surface area contributed by atoms with Gasteiger partial charge in [-0.3, -0.25) is 19.5 Å². The van der Waals surface area contributed by atoms with E-state index >= 15 is 0 Å². The average molecular weight is 469 g/mol. The molecular formula is C25H32N4O3S. The Morgan fingerprint density at radius 3 is 2.42 bits per heavy atom. The number of carbonyl (C=O) groups is 2. The van der Waals surface area contributed by atoms with Gasteiger partial charge in [0.15, 0.2) is 5.16 Å². The largest absolute Gasteiger partial charge is 0.332 e. The topological polar surface area (TPSA) is 93.1 Å². The van der Waals surface area contributed by atoms with Crippen molar-refractivity contribution >= 4 is 34.6 Å². The molecule has 3 amide bonds. The molecule has 8 heteroatoms. The quantitative estimate of drug-likeness (QED) is 0.492. The Morgan fingerprint density at radius 1 is 1.15 bits per heavy atom. The van der Waals surface area contributed by atoms with Crippen molar-refractivity contribution in [2.75, 3.05) is 0 Å². The maximum atomic E-state index is 13.0. The van der Waals surface area contributed by atoms with Crippen molar-refractivity contribution < 1.29 is 9.59 Å². The number of amides is 3. The number of benzene rings is 1. The van der Waals surface area contributed by atoms with E-state index in [9.17, 15) is 14.4 Å². The second-order valence-corrected chi connectivity index (χ2v) is 11.6. The van der Waals surface area contributed by atoms with Crippen LogP contribution in [0.3, 0.4) is 0 Å². The number of hydrogen-bond donors (Lipinski definition) is 2. The molecule has 1 heterocycles. The van der Waals surface area contributed by atoms with Gasteiger partial charge >= 0.3 is 6.03 Å². The molecule has 2 aromatic rings. The highest BCUT2D eigenvalue weighted by atomic mass is 32.2. The normalized spacial score (nSPS) is 28.6. The molecule has 7 nitrogen and oxygen atoms in total. The predicted molar refractivity (Wildman–Crippen MR) is 129 cm³/mol. The highest BCUT2D eigenvalue weighted by Crippen LogP contribution is 2.55. The second-order valence-electron chi connectivity index (χ2n) is 10.3. The van der Waals surface area contributed by atoms with Gasteiger partial charge in [-0.1, -0.05) is 30.8 Å². The predicted octanol–water partition coefficient (Wildman–Crippen LogP) is 4.08. The molecule has 4 aliphatic carbocycles. The first-order valence-electron chi connectivity index (χ1n) is 12.1. The Balaban J connectivity index is 1.26. The Hall–Kier alpha value is -2.35. The molecule has 1 aromatic carbocycles. The number of carbonyl (C=O) groups excluding carboxylic acids is 2. The summed E-state index contributed by atoms with van der Waals surface area (Å²) in [6.45, 7) is 4.27. The molecule has 4 fully saturated rings. The fourth-order valence-electron chi connectivity index (χ4n) is 6.62. The Labute approximate surface area is 198 Å². The summed E-state index contributed by atoms with van der Waals surface area (Å²) in [7, 11) is 0. The zero-order valence-corrected chi connectivity index (χ0v) is 20.1. The molecule has 1 atom stereocenters. The van der Waals surface area contributed by atoms with Crippen LogP contribution in [0.5, 0.6) is 0 Å². The number of rotatable bonds is 6. The third kappa shape index (κ3) is 4.42. The summed E-state index contributed by atoms with van der Waals surface area (Å²) in [5.41, 5.74) is 0.374. The number of imide groups is 1. The summed E-state index contributed by atoms with van der Waals surface area (Å²) in [5.74, 6) is 1.79. The number of hydrogen-bond acceptors (Lipinski definition) is 5. The summed E-state index contributed by atoms with van der Waals surface area (Å²) in [6, 6.07) is 6.86. The number of aromatic nitrogens is 2. The molecule has 176 valence electrons. The number of urea groups is 1. The van der Waals surface area contributed by atoms with Gasteiger partial charge in [0, 0.05) is 12.1 Å². The van der Waals surface area contributed by atoms with Crippen molar-refractivity contribution in [1.29, 1.82) is 0 Å². The number of fused-ring (bicyclic) bond motifs is 1. The van der Waals surface area contributed by atoms with Gasteiger partial charge < -0.3 is 5.32 Å². The van der Waals surface area contributed by atoms with Crippen LogP contribution >= 0.6 is 11.8 Å². The van der Waals surface area contributed by atoms with Gasteiger partial charge in [-0.25, -0.2) is 9.78 Å².